The van der Waals surface area contributed by atoms with Crippen molar-refractivity contribution in [1.82, 2.24) is 9.80 Å². The molecule has 1 unspecified atom stereocenters. The van der Waals surface area contributed by atoms with Crippen molar-refractivity contribution < 1.29 is 14.4 Å². The molecule has 6 heteroatoms. The van der Waals surface area contributed by atoms with Crippen molar-refractivity contribution >= 4 is 23.9 Å². The van der Waals surface area contributed by atoms with Crippen LogP contribution in [0.5, 0.6) is 0 Å². The zero-order valence-electron chi connectivity index (χ0n) is 15.1. The van der Waals surface area contributed by atoms with Crippen LogP contribution in [0.15, 0.2) is 24.3 Å². The highest BCUT2D eigenvalue weighted by Crippen LogP contribution is 2.36. The first kappa shape index (κ1) is 17.5. The van der Waals surface area contributed by atoms with Crippen molar-refractivity contribution in [3.05, 3.63) is 29.8 Å². The largest absolute Gasteiger partial charge is 0.342 e. The molecule has 0 aliphatic carbocycles. The second-order valence-electron chi connectivity index (χ2n) is 7.42. The number of hydrogen-bond acceptors (Lipinski definition) is 3. The van der Waals surface area contributed by atoms with Crippen LogP contribution in [0.25, 0.3) is 0 Å². The van der Waals surface area contributed by atoms with Gasteiger partial charge in [0.05, 0.1) is 0 Å². The fourth-order valence-electron chi connectivity index (χ4n) is 3.69. The normalized spacial score (nSPS) is 20.4. The highest BCUT2D eigenvalue weighted by molar-refractivity contribution is 6.12. The molecule has 0 saturated carbocycles. The minimum atomic E-state index is -1.13. The van der Waals surface area contributed by atoms with Gasteiger partial charge in [-0.1, -0.05) is 18.2 Å². The van der Waals surface area contributed by atoms with E-state index in [1.165, 1.54) is 0 Å². The molecule has 0 radical (unpaired) electrons. The molecule has 1 aromatic rings. The molecule has 2 aliphatic heterocycles. The Bertz CT molecular complexity index is 693. The maximum absolute atomic E-state index is 13.3. The Labute approximate surface area is 148 Å². The average Bonchev–Trinajstić information content (AvgIpc) is 2.96. The van der Waals surface area contributed by atoms with Gasteiger partial charge >= 0.3 is 0 Å². The monoisotopic (exact) mass is 343 g/mol. The number of anilines is 1. The first-order valence-electron chi connectivity index (χ1n) is 8.76. The SMILES string of the molecule is CC1Cc2ccccc2N1C(=O)C(C)(C)C(=O)N1CCN(C=O)CC1. The van der Waals surface area contributed by atoms with Gasteiger partial charge in [-0.05, 0) is 38.8 Å². The molecule has 0 N–H and O–H groups in total. The molecule has 0 spiro atoms. The van der Waals surface area contributed by atoms with Crippen LogP contribution in [0.1, 0.15) is 26.3 Å². The quantitative estimate of drug-likeness (QED) is 0.614. The average molecular weight is 343 g/mol. The highest BCUT2D eigenvalue weighted by atomic mass is 16.2. The van der Waals surface area contributed by atoms with Crippen molar-refractivity contribution in [3.63, 3.8) is 0 Å². The Morgan fingerprint density at radius 2 is 1.72 bits per heavy atom. The molecule has 1 atom stereocenters. The number of rotatable bonds is 3. The van der Waals surface area contributed by atoms with Gasteiger partial charge in [0.25, 0.3) is 0 Å². The van der Waals surface area contributed by atoms with Crippen molar-refractivity contribution in [2.75, 3.05) is 31.1 Å². The topological polar surface area (TPSA) is 60.9 Å². The smallest absolute Gasteiger partial charge is 0.242 e. The van der Waals surface area contributed by atoms with Crippen LogP contribution in [-0.4, -0.2) is 60.2 Å². The summed E-state index contributed by atoms with van der Waals surface area (Å²) in [4.78, 5) is 42.2. The molecule has 1 fully saturated rings. The Morgan fingerprint density at radius 1 is 1.08 bits per heavy atom. The molecular weight excluding hydrogens is 318 g/mol. The number of hydrogen-bond donors (Lipinski definition) is 0. The fraction of sp³-hybridized carbons (Fsp3) is 0.526. The van der Waals surface area contributed by atoms with E-state index in [0.717, 1.165) is 24.1 Å². The van der Waals surface area contributed by atoms with Gasteiger partial charge in [0.1, 0.15) is 5.41 Å². The first-order valence-corrected chi connectivity index (χ1v) is 8.76. The molecule has 0 bridgehead atoms. The zero-order chi connectivity index (χ0) is 18.2. The van der Waals surface area contributed by atoms with E-state index in [0.29, 0.717) is 26.2 Å². The standard InChI is InChI=1S/C19H25N3O3/c1-14-12-15-6-4-5-7-16(15)22(14)18(25)19(2,3)17(24)21-10-8-20(13-23)9-11-21/h4-7,13-14H,8-12H2,1-3H3. The lowest BCUT2D eigenvalue weighted by Crippen LogP contribution is -2.56. The molecule has 6 nitrogen and oxygen atoms in total. The minimum absolute atomic E-state index is 0.0453. The summed E-state index contributed by atoms with van der Waals surface area (Å²) in [7, 11) is 0. The molecule has 2 aliphatic rings. The molecule has 3 rings (SSSR count). The number of benzene rings is 1. The van der Waals surface area contributed by atoms with Gasteiger partial charge < -0.3 is 14.7 Å². The molecule has 0 aromatic heterocycles. The van der Waals surface area contributed by atoms with Gasteiger partial charge in [-0.2, -0.15) is 0 Å². The van der Waals surface area contributed by atoms with Gasteiger partial charge in [0, 0.05) is 37.9 Å². The number of amides is 3. The lowest BCUT2D eigenvalue weighted by molar-refractivity contribution is -0.149. The summed E-state index contributed by atoms with van der Waals surface area (Å²) in [5.74, 6) is -0.326. The number of para-hydroxylation sites is 1. The Morgan fingerprint density at radius 3 is 2.36 bits per heavy atom. The molecule has 2 heterocycles. The zero-order valence-corrected chi connectivity index (χ0v) is 15.1. The molecule has 1 saturated heterocycles. The van der Waals surface area contributed by atoms with E-state index >= 15 is 0 Å². The summed E-state index contributed by atoms with van der Waals surface area (Å²) >= 11 is 0. The van der Waals surface area contributed by atoms with E-state index in [1.54, 1.807) is 28.5 Å². The summed E-state index contributed by atoms with van der Waals surface area (Å²) in [5, 5.41) is 0. The van der Waals surface area contributed by atoms with E-state index in [9.17, 15) is 14.4 Å². The molecule has 25 heavy (non-hydrogen) atoms. The van der Waals surface area contributed by atoms with Gasteiger partial charge in [-0.3, -0.25) is 14.4 Å². The van der Waals surface area contributed by atoms with E-state index in [2.05, 4.69) is 0 Å². The molecule has 134 valence electrons. The van der Waals surface area contributed by atoms with Crippen LogP contribution in [0, 0.1) is 5.41 Å². The van der Waals surface area contributed by atoms with E-state index in [-0.39, 0.29) is 17.9 Å². The van der Waals surface area contributed by atoms with Crippen LogP contribution < -0.4 is 4.90 Å². The summed E-state index contributed by atoms with van der Waals surface area (Å²) < 4.78 is 0. The number of nitrogens with zero attached hydrogens (tertiary/aromatic N) is 3. The van der Waals surface area contributed by atoms with Crippen LogP contribution in [-0.2, 0) is 20.8 Å². The number of carbonyl (C=O) groups is 3. The van der Waals surface area contributed by atoms with E-state index in [1.807, 2.05) is 31.2 Å². The van der Waals surface area contributed by atoms with Crippen LogP contribution >= 0.6 is 0 Å². The second-order valence-corrected chi connectivity index (χ2v) is 7.42. The Balaban J connectivity index is 1.79. The molecular formula is C19H25N3O3. The predicted molar refractivity (Wildman–Crippen MR) is 95.1 cm³/mol. The van der Waals surface area contributed by atoms with Gasteiger partial charge in [0.15, 0.2) is 0 Å². The highest BCUT2D eigenvalue weighted by Gasteiger charge is 2.45. The number of carbonyl (C=O) groups excluding carboxylic acids is 3. The van der Waals surface area contributed by atoms with Gasteiger partial charge in [0.2, 0.25) is 18.2 Å². The Kier molecular flexibility index (Phi) is 4.54. The molecule has 3 amide bonds. The number of piperazine rings is 1. The lowest BCUT2D eigenvalue weighted by Gasteiger charge is -2.38. The lowest BCUT2D eigenvalue weighted by atomic mass is 9.88. The number of fused-ring (bicyclic) bond motifs is 1. The van der Waals surface area contributed by atoms with Crippen molar-refractivity contribution in [3.8, 4) is 0 Å². The van der Waals surface area contributed by atoms with E-state index < -0.39 is 5.41 Å². The van der Waals surface area contributed by atoms with E-state index in [4.69, 9.17) is 0 Å². The summed E-state index contributed by atoms with van der Waals surface area (Å²) in [6, 6.07) is 7.92. The summed E-state index contributed by atoms with van der Waals surface area (Å²) in [6.45, 7) is 7.40. The van der Waals surface area contributed by atoms with Crippen molar-refractivity contribution in [2.45, 2.75) is 33.2 Å². The summed E-state index contributed by atoms with van der Waals surface area (Å²) in [6.07, 6.45) is 1.62. The minimum Gasteiger partial charge on any atom is -0.342 e. The first-order chi connectivity index (χ1) is 11.9. The van der Waals surface area contributed by atoms with Crippen LogP contribution in [0.2, 0.25) is 0 Å². The van der Waals surface area contributed by atoms with Crippen LogP contribution in [0.4, 0.5) is 5.69 Å². The summed E-state index contributed by atoms with van der Waals surface area (Å²) in [5.41, 5.74) is 0.924. The molecule has 1 aromatic carbocycles. The Hall–Kier alpha value is -2.37. The maximum Gasteiger partial charge on any atom is 0.242 e. The second kappa shape index (κ2) is 6.50. The fourth-order valence-corrected chi connectivity index (χ4v) is 3.69. The third kappa shape index (κ3) is 3.01. The van der Waals surface area contributed by atoms with Gasteiger partial charge in [-0.15, -0.1) is 0 Å². The third-order valence-corrected chi connectivity index (χ3v) is 5.25. The predicted octanol–water partition coefficient (Wildman–Crippen LogP) is 1.29. The van der Waals surface area contributed by atoms with Crippen molar-refractivity contribution in [2.24, 2.45) is 5.41 Å². The third-order valence-electron chi connectivity index (χ3n) is 5.25. The maximum atomic E-state index is 13.3. The van der Waals surface area contributed by atoms with Crippen LogP contribution in [0.3, 0.4) is 0 Å². The van der Waals surface area contributed by atoms with Gasteiger partial charge in [-0.25, -0.2) is 0 Å². The van der Waals surface area contributed by atoms with Crippen molar-refractivity contribution in [1.29, 1.82) is 0 Å².